The van der Waals surface area contributed by atoms with Gasteiger partial charge in [-0.15, -0.1) is 0 Å². The van der Waals surface area contributed by atoms with Crippen LogP contribution in [0.15, 0.2) is 80.9 Å². The molecule has 7 nitrogen and oxygen atoms in total. The Labute approximate surface area is 179 Å². The number of fused-ring (bicyclic) bond motifs is 1. The molecule has 0 aliphatic rings. The first-order valence-electron chi connectivity index (χ1n) is 9.11. The SMILES string of the molecule is C[C@@H](OC(=O)c1ccc2c(=O)n(-c3ccccc3)c(=O)[nH]c2c1)c1ccc(Br)cn1. The second-order valence-corrected chi connectivity index (χ2v) is 7.53. The van der Waals surface area contributed by atoms with Crippen LogP contribution in [-0.2, 0) is 4.74 Å². The number of esters is 1. The van der Waals surface area contributed by atoms with Gasteiger partial charge in [0.1, 0.15) is 6.10 Å². The van der Waals surface area contributed by atoms with Crippen molar-refractivity contribution in [2.45, 2.75) is 13.0 Å². The number of hydrogen-bond acceptors (Lipinski definition) is 5. The maximum absolute atomic E-state index is 12.8. The summed E-state index contributed by atoms with van der Waals surface area (Å²) in [5, 5.41) is 0.289. The fraction of sp³-hybridized carbons (Fsp3) is 0.0909. The monoisotopic (exact) mass is 465 g/mol. The summed E-state index contributed by atoms with van der Waals surface area (Å²) >= 11 is 3.31. The summed E-state index contributed by atoms with van der Waals surface area (Å²) < 4.78 is 7.35. The lowest BCUT2D eigenvalue weighted by atomic mass is 10.1. The van der Waals surface area contributed by atoms with E-state index in [2.05, 4.69) is 25.9 Å². The molecule has 4 rings (SSSR count). The summed E-state index contributed by atoms with van der Waals surface area (Å²) in [4.78, 5) is 44.8. The van der Waals surface area contributed by atoms with E-state index in [4.69, 9.17) is 4.74 Å². The van der Waals surface area contributed by atoms with Gasteiger partial charge in [-0.1, -0.05) is 18.2 Å². The van der Waals surface area contributed by atoms with Gasteiger partial charge in [-0.25, -0.2) is 14.2 Å². The van der Waals surface area contributed by atoms with Gasteiger partial charge in [0, 0.05) is 10.7 Å². The fourth-order valence-electron chi connectivity index (χ4n) is 3.07. The predicted molar refractivity (Wildman–Crippen MR) is 116 cm³/mol. The van der Waals surface area contributed by atoms with E-state index in [0.717, 1.165) is 9.04 Å². The van der Waals surface area contributed by atoms with Crippen molar-refractivity contribution in [3.63, 3.8) is 0 Å². The number of carbonyl (C=O) groups excluding carboxylic acids is 1. The number of carbonyl (C=O) groups is 1. The normalized spacial score (nSPS) is 11.9. The van der Waals surface area contributed by atoms with Gasteiger partial charge >= 0.3 is 11.7 Å². The number of rotatable bonds is 4. The van der Waals surface area contributed by atoms with Gasteiger partial charge in [-0.05, 0) is 65.3 Å². The number of benzene rings is 2. The molecule has 0 unspecified atom stereocenters. The third-order valence-electron chi connectivity index (χ3n) is 4.60. The first kappa shape index (κ1) is 19.8. The van der Waals surface area contributed by atoms with Crippen LogP contribution in [-0.4, -0.2) is 20.5 Å². The Bertz CT molecular complexity index is 1350. The number of nitrogens with one attached hydrogen (secondary N) is 1. The number of H-pyrrole nitrogens is 1. The van der Waals surface area contributed by atoms with Gasteiger partial charge in [0.2, 0.25) is 0 Å². The molecule has 2 heterocycles. The van der Waals surface area contributed by atoms with Crippen molar-refractivity contribution in [3.8, 4) is 5.69 Å². The zero-order valence-corrected chi connectivity index (χ0v) is 17.4. The lowest BCUT2D eigenvalue weighted by Gasteiger charge is -2.13. The van der Waals surface area contributed by atoms with Crippen LogP contribution in [0, 0.1) is 0 Å². The highest BCUT2D eigenvalue weighted by atomic mass is 79.9. The Balaban J connectivity index is 1.67. The lowest BCUT2D eigenvalue weighted by molar-refractivity contribution is 0.0329. The average molecular weight is 466 g/mol. The van der Waals surface area contributed by atoms with Crippen molar-refractivity contribution in [2.75, 3.05) is 0 Å². The minimum Gasteiger partial charge on any atom is -0.453 e. The summed E-state index contributed by atoms with van der Waals surface area (Å²) in [6.07, 6.45) is 1.06. The zero-order valence-electron chi connectivity index (χ0n) is 15.8. The average Bonchev–Trinajstić information content (AvgIpc) is 2.74. The van der Waals surface area contributed by atoms with Crippen LogP contribution in [0.2, 0.25) is 0 Å². The van der Waals surface area contributed by atoms with Crippen molar-refractivity contribution in [2.24, 2.45) is 0 Å². The highest BCUT2D eigenvalue weighted by Crippen LogP contribution is 2.19. The maximum Gasteiger partial charge on any atom is 0.338 e. The quantitative estimate of drug-likeness (QED) is 0.463. The van der Waals surface area contributed by atoms with Crippen LogP contribution < -0.4 is 11.2 Å². The number of hydrogen-bond donors (Lipinski definition) is 1. The van der Waals surface area contributed by atoms with Crippen molar-refractivity contribution in [1.82, 2.24) is 14.5 Å². The molecular formula is C22H16BrN3O4. The van der Waals surface area contributed by atoms with Crippen molar-refractivity contribution >= 4 is 32.8 Å². The second-order valence-electron chi connectivity index (χ2n) is 6.62. The molecule has 2 aromatic carbocycles. The number of aromatic nitrogens is 3. The Kier molecular flexibility index (Phi) is 5.33. The van der Waals surface area contributed by atoms with E-state index in [-0.39, 0.29) is 16.5 Å². The highest BCUT2D eigenvalue weighted by Gasteiger charge is 2.17. The van der Waals surface area contributed by atoms with E-state index in [0.29, 0.717) is 11.4 Å². The number of nitrogens with zero attached hydrogens (tertiary/aromatic N) is 2. The van der Waals surface area contributed by atoms with Crippen LogP contribution >= 0.6 is 15.9 Å². The Morgan fingerprint density at radius 2 is 1.87 bits per heavy atom. The molecule has 0 aliphatic heterocycles. The van der Waals surface area contributed by atoms with Gasteiger partial charge in [-0.2, -0.15) is 0 Å². The molecule has 0 amide bonds. The summed E-state index contributed by atoms with van der Waals surface area (Å²) in [6.45, 7) is 1.72. The molecule has 0 saturated carbocycles. The maximum atomic E-state index is 12.8. The molecule has 0 bridgehead atoms. The molecule has 30 heavy (non-hydrogen) atoms. The van der Waals surface area contributed by atoms with Gasteiger partial charge in [0.15, 0.2) is 0 Å². The van der Waals surface area contributed by atoms with Crippen molar-refractivity contribution < 1.29 is 9.53 Å². The van der Waals surface area contributed by atoms with Crippen molar-refractivity contribution in [3.05, 3.63) is 103 Å². The van der Waals surface area contributed by atoms with E-state index in [1.165, 1.54) is 18.2 Å². The molecule has 1 N–H and O–H groups in total. The summed E-state index contributed by atoms with van der Waals surface area (Å²) in [5.74, 6) is -0.581. The molecule has 0 aliphatic carbocycles. The van der Waals surface area contributed by atoms with Gasteiger partial charge in [0.05, 0.1) is 27.8 Å². The largest absolute Gasteiger partial charge is 0.453 e. The molecule has 0 radical (unpaired) electrons. The van der Waals surface area contributed by atoms with Crippen LogP contribution in [0.1, 0.15) is 29.1 Å². The van der Waals surface area contributed by atoms with E-state index in [1.54, 1.807) is 49.5 Å². The lowest BCUT2D eigenvalue weighted by Crippen LogP contribution is -2.33. The first-order valence-corrected chi connectivity index (χ1v) is 9.90. The molecule has 0 fully saturated rings. The summed E-state index contributed by atoms with van der Waals surface area (Å²) in [7, 11) is 0. The number of halogens is 1. The van der Waals surface area contributed by atoms with Crippen LogP contribution in [0.4, 0.5) is 0 Å². The number of ether oxygens (including phenoxy) is 1. The molecule has 150 valence electrons. The van der Waals surface area contributed by atoms with Gasteiger partial charge in [0.25, 0.3) is 5.56 Å². The zero-order chi connectivity index (χ0) is 21.3. The fourth-order valence-corrected chi connectivity index (χ4v) is 3.31. The standard InChI is InChI=1S/C22H16BrN3O4/c1-13(18-10-8-15(23)12-24-18)30-21(28)14-7-9-17-19(11-14)25-22(29)26(20(17)27)16-5-3-2-4-6-16/h2-13H,1H3,(H,25,29)/t13-/m1/s1. The summed E-state index contributed by atoms with van der Waals surface area (Å²) in [5.41, 5.74) is 0.500. The third-order valence-corrected chi connectivity index (χ3v) is 5.07. The molecule has 0 spiro atoms. The van der Waals surface area contributed by atoms with E-state index in [1.807, 2.05) is 6.07 Å². The molecule has 2 aromatic heterocycles. The topological polar surface area (TPSA) is 94.0 Å². The van der Waals surface area contributed by atoms with Gasteiger partial charge < -0.3 is 9.72 Å². The highest BCUT2D eigenvalue weighted by molar-refractivity contribution is 9.10. The summed E-state index contributed by atoms with van der Waals surface area (Å²) in [6, 6.07) is 16.6. The van der Waals surface area contributed by atoms with Crippen molar-refractivity contribution in [1.29, 1.82) is 0 Å². The minimum atomic E-state index is -0.586. The molecule has 1 atom stereocenters. The second kappa shape index (κ2) is 8.08. The first-order chi connectivity index (χ1) is 14.4. The number of para-hydroxylation sites is 1. The van der Waals surface area contributed by atoms with Crippen LogP contribution in [0.5, 0.6) is 0 Å². The van der Waals surface area contributed by atoms with E-state index >= 15 is 0 Å². The predicted octanol–water partition coefficient (Wildman–Crippen LogP) is 3.75. The van der Waals surface area contributed by atoms with E-state index < -0.39 is 23.3 Å². The van der Waals surface area contributed by atoms with Crippen LogP contribution in [0.3, 0.4) is 0 Å². The smallest absolute Gasteiger partial charge is 0.338 e. The third kappa shape index (κ3) is 3.81. The van der Waals surface area contributed by atoms with Gasteiger partial charge in [-0.3, -0.25) is 9.78 Å². The molecule has 4 aromatic rings. The minimum absolute atomic E-state index is 0.221. The van der Waals surface area contributed by atoms with Crippen LogP contribution in [0.25, 0.3) is 16.6 Å². The number of aromatic amines is 1. The van der Waals surface area contributed by atoms with E-state index in [9.17, 15) is 14.4 Å². The Morgan fingerprint density at radius 3 is 2.57 bits per heavy atom. The molecule has 8 heteroatoms. The number of pyridine rings is 1. The molecular weight excluding hydrogens is 450 g/mol. The Morgan fingerprint density at radius 1 is 1.10 bits per heavy atom. The Hall–Kier alpha value is -3.52. The molecule has 0 saturated heterocycles.